The van der Waals surface area contributed by atoms with E-state index in [1.807, 2.05) is 30.3 Å². The molecule has 2 atom stereocenters. The van der Waals surface area contributed by atoms with E-state index in [4.69, 9.17) is 16.3 Å². The molecule has 1 fully saturated rings. The van der Waals surface area contributed by atoms with Gasteiger partial charge in [0.2, 0.25) is 0 Å². The molecule has 3 aromatic rings. The van der Waals surface area contributed by atoms with Gasteiger partial charge in [-0.25, -0.2) is 0 Å². The van der Waals surface area contributed by atoms with Crippen LogP contribution in [0.5, 0.6) is 0 Å². The van der Waals surface area contributed by atoms with Crippen LogP contribution in [-0.4, -0.2) is 68.0 Å². The van der Waals surface area contributed by atoms with E-state index < -0.39 is 6.23 Å². The monoisotopic (exact) mass is 491 g/mol. The van der Waals surface area contributed by atoms with Gasteiger partial charge in [0, 0.05) is 37.7 Å². The van der Waals surface area contributed by atoms with Crippen LogP contribution in [-0.2, 0) is 22.6 Å². The molecule has 0 N–H and O–H groups in total. The Labute approximate surface area is 213 Å². The predicted octanol–water partition coefficient (Wildman–Crippen LogP) is 5.10. The molecule has 5 nitrogen and oxygen atoms in total. The first-order valence-corrected chi connectivity index (χ1v) is 12.4. The molecule has 0 spiro atoms. The van der Waals surface area contributed by atoms with Gasteiger partial charge in [-0.1, -0.05) is 72.3 Å². The summed E-state index contributed by atoms with van der Waals surface area (Å²) in [6.45, 7) is 4.16. The van der Waals surface area contributed by atoms with E-state index in [-0.39, 0.29) is 6.10 Å². The first kappa shape index (κ1) is 25.5. The van der Waals surface area contributed by atoms with Crippen molar-refractivity contribution in [2.24, 2.45) is 0 Å². The van der Waals surface area contributed by atoms with Crippen molar-refractivity contribution < 1.29 is 9.53 Å². The Morgan fingerprint density at radius 3 is 2.43 bits per heavy atom. The van der Waals surface area contributed by atoms with E-state index >= 15 is 0 Å². The van der Waals surface area contributed by atoms with Gasteiger partial charge in [0.15, 0.2) is 12.5 Å². The van der Waals surface area contributed by atoms with Gasteiger partial charge in [0.05, 0.1) is 6.10 Å². The Bertz CT molecular complexity index is 1100. The van der Waals surface area contributed by atoms with Gasteiger partial charge in [-0.05, 0) is 61.1 Å². The normalized spacial score (nSPS) is 18.5. The molecule has 1 aliphatic rings. The number of likely N-dealkylation sites (N-methyl/N-ethyl adjacent to an activating group) is 2. The zero-order valence-electron chi connectivity index (χ0n) is 20.7. The van der Waals surface area contributed by atoms with Crippen molar-refractivity contribution in [2.45, 2.75) is 25.4 Å². The first-order chi connectivity index (χ1) is 16.9. The zero-order chi connectivity index (χ0) is 24.8. The lowest BCUT2D eigenvalue weighted by Gasteiger charge is -2.23. The molecule has 1 heterocycles. The van der Waals surface area contributed by atoms with Crippen molar-refractivity contribution in [1.29, 1.82) is 0 Å². The number of hydrogen-bond acceptors (Lipinski definition) is 5. The number of hydrogen-bond donors (Lipinski definition) is 0. The number of ether oxygens (including phenoxy) is 1. The molecule has 184 valence electrons. The number of halogens is 1. The second-order valence-corrected chi connectivity index (χ2v) is 9.97. The Hall–Kier alpha value is -2.54. The smallest absolute Gasteiger partial charge is 0.168 e. The summed E-state index contributed by atoms with van der Waals surface area (Å²) in [6, 6.07) is 24.8. The van der Waals surface area contributed by atoms with E-state index in [1.54, 1.807) is 0 Å². The van der Waals surface area contributed by atoms with Crippen LogP contribution in [0.25, 0.3) is 11.1 Å². The molecule has 0 aromatic heterocycles. The SMILES string of the molecule is CN(C)CCN(C)Cc1cc(CN2C[C@@H](c3ccc(Cl)cc3)OC2C=O)ccc1-c1ccccc1. The van der Waals surface area contributed by atoms with Gasteiger partial charge in [-0.2, -0.15) is 0 Å². The number of aldehydes is 1. The second kappa shape index (κ2) is 11.9. The van der Waals surface area contributed by atoms with Gasteiger partial charge in [-0.3, -0.25) is 9.69 Å². The largest absolute Gasteiger partial charge is 0.347 e. The first-order valence-electron chi connectivity index (χ1n) is 12.0. The molecule has 1 saturated heterocycles. The third kappa shape index (κ3) is 6.78. The van der Waals surface area contributed by atoms with Gasteiger partial charge < -0.3 is 14.5 Å². The molecule has 0 radical (unpaired) electrons. The molecule has 35 heavy (non-hydrogen) atoms. The van der Waals surface area contributed by atoms with Gasteiger partial charge in [0.25, 0.3) is 0 Å². The van der Waals surface area contributed by atoms with Gasteiger partial charge in [-0.15, -0.1) is 0 Å². The summed E-state index contributed by atoms with van der Waals surface area (Å²) < 4.78 is 6.07. The van der Waals surface area contributed by atoms with Crippen molar-refractivity contribution in [3.05, 3.63) is 94.5 Å². The van der Waals surface area contributed by atoms with E-state index in [9.17, 15) is 4.79 Å². The number of carbonyl (C=O) groups excluding carboxylic acids is 1. The maximum atomic E-state index is 11.8. The molecule has 6 heteroatoms. The van der Waals surface area contributed by atoms with Crippen LogP contribution in [0.1, 0.15) is 22.8 Å². The van der Waals surface area contributed by atoms with Crippen LogP contribution >= 0.6 is 11.6 Å². The summed E-state index contributed by atoms with van der Waals surface area (Å²) in [6.07, 6.45) is 0.183. The average molecular weight is 492 g/mol. The lowest BCUT2D eigenvalue weighted by molar-refractivity contribution is -0.123. The van der Waals surface area contributed by atoms with Crippen molar-refractivity contribution in [1.82, 2.24) is 14.7 Å². The minimum atomic E-state index is -0.560. The molecule has 3 aromatic carbocycles. The lowest BCUT2D eigenvalue weighted by atomic mass is 9.97. The third-order valence-electron chi connectivity index (χ3n) is 6.43. The maximum absolute atomic E-state index is 11.8. The van der Waals surface area contributed by atoms with Crippen LogP contribution < -0.4 is 0 Å². The lowest BCUT2D eigenvalue weighted by Crippen LogP contribution is -2.31. The predicted molar refractivity (Wildman–Crippen MR) is 142 cm³/mol. The van der Waals surface area contributed by atoms with Crippen molar-refractivity contribution in [3.8, 4) is 11.1 Å². The molecule has 0 amide bonds. The van der Waals surface area contributed by atoms with Crippen LogP contribution in [0, 0.1) is 0 Å². The molecule has 0 bridgehead atoms. The molecule has 0 saturated carbocycles. The molecule has 0 aliphatic carbocycles. The fourth-order valence-corrected chi connectivity index (χ4v) is 4.62. The minimum absolute atomic E-state index is 0.150. The third-order valence-corrected chi connectivity index (χ3v) is 6.68. The van der Waals surface area contributed by atoms with E-state index in [1.165, 1.54) is 22.3 Å². The highest BCUT2D eigenvalue weighted by atomic mass is 35.5. The second-order valence-electron chi connectivity index (χ2n) is 9.53. The highest BCUT2D eigenvalue weighted by molar-refractivity contribution is 6.30. The topological polar surface area (TPSA) is 36.0 Å². The highest BCUT2D eigenvalue weighted by Crippen LogP contribution is 2.31. The summed E-state index contributed by atoms with van der Waals surface area (Å²) in [5.41, 5.74) is 5.95. The van der Waals surface area contributed by atoms with Crippen LogP contribution in [0.2, 0.25) is 5.02 Å². The zero-order valence-corrected chi connectivity index (χ0v) is 21.5. The molecule has 4 rings (SSSR count). The van der Waals surface area contributed by atoms with Crippen molar-refractivity contribution in [3.63, 3.8) is 0 Å². The molecule has 1 aliphatic heterocycles. The fourth-order valence-electron chi connectivity index (χ4n) is 4.50. The fraction of sp³-hybridized carbons (Fsp3) is 0.345. The molecule has 1 unspecified atom stereocenters. The highest BCUT2D eigenvalue weighted by Gasteiger charge is 2.33. The summed E-state index contributed by atoms with van der Waals surface area (Å²) in [4.78, 5) is 18.5. The number of nitrogens with zero attached hydrogens (tertiary/aromatic N) is 3. The summed E-state index contributed by atoms with van der Waals surface area (Å²) in [7, 11) is 6.36. The molecular formula is C29H34ClN3O2. The Balaban J connectivity index is 1.54. The Morgan fingerprint density at radius 1 is 1.00 bits per heavy atom. The maximum Gasteiger partial charge on any atom is 0.168 e. The summed E-state index contributed by atoms with van der Waals surface area (Å²) in [5, 5.41) is 0.692. The van der Waals surface area contributed by atoms with E-state index in [0.29, 0.717) is 18.1 Å². The molecular weight excluding hydrogens is 458 g/mol. The number of rotatable bonds is 10. The van der Waals surface area contributed by atoms with Crippen molar-refractivity contribution >= 4 is 17.9 Å². The Morgan fingerprint density at radius 2 is 1.74 bits per heavy atom. The van der Waals surface area contributed by atoms with Crippen LogP contribution in [0.15, 0.2) is 72.8 Å². The van der Waals surface area contributed by atoms with E-state index in [0.717, 1.165) is 31.5 Å². The van der Waals surface area contributed by atoms with Crippen LogP contribution in [0.3, 0.4) is 0 Å². The van der Waals surface area contributed by atoms with Crippen molar-refractivity contribution in [2.75, 3.05) is 40.8 Å². The quantitative estimate of drug-likeness (QED) is 0.369. The summed E-state index contributed by atoms with van der Waals surface area (Å²) >= 11 is 6.04. The minimum Gasteiger partial charge on any atom is -0.347 e. The number of carbonyl (C=O) groups is 1. The summed E-state index contributed by atoms with van der Waals surface area (Å²) in [5.74, 6) is 0. The van der Waals surface area contributed by atoms with E-state index in [2.05, 4.69) is 78.3 Å². The van der Waals surface area contributed by atoms with Gasteiger partial charge >= 0.3 is 0 Å². The average Bonchev–Trinajstić information content (AvgIpc) is 3.26. The van der Waals surface area contributed by atoms with Gasteiger partial charge in [0.1, 0.15) is 0 Å². The standard InChI is InChI=1S/C29H34ClN3O2/c1-31(2)15-16-32(3)19-25-17-22(9-14-27(25)23-7-5-4-6-8-23)18-33-20-28(35-29(33)21-34)24-10-12-26(30)13-11-24/h4-14,17,21,28-29H,15-16,18-20H2,1-3H3/t28-,29?/m0/s1. The van der Waals surface area contributed by atoms with Crippen LogP contribution in [0.4, 0.5) is 0 Å². The number of benzene rings is 3. The Kier molecular flexibility index (Phi) is 8.71.